The molecule has 0 aliphatic heterocycles. The van der Waals surface area contributed by atoms with Crippen molar-refractivity contribution in [3.63, 3.8) is 0 Å². The van der Waals surface area contributed by atoms with Gasteiger partial charge in [-0.3, -0.25) is 4.31 Å². The average molecular weight is 258 g/mol. The lowest BCUT2D eigenvalue weighted by Crippen LogP contribution is -2.26. The van der Waals surface area contributed by atoms with E-state index < -0.39 is 10.0 Å². The lowest BCUT2D eigenvalue weighted by atomic mass is 10.1. The molecule has 4 nitrogen and oxygen atoms in total. The zero-order chi connectivity index (χ0) is 12.8. The summed E-state index contributed by atoms with van der Waals surface area (Å²) in [6.45, 7) is 0. The maximum absolute atomic E-state index is 13.6. The molecule has 6 heteroatoms. The van der Waals surface area contributed by atoms with Crippen LogP contribution in [0.5, 0.6) is 0 Å². The zero-order valence-corrected chi connectivity index (χ0v) is 10.6. The number of benzene rings is 1. The Balaban J connectivity index is 2.50. The molecule has 0 bridgehead atoms. The fourth-order valence-corrected chi connectivity index (χ4v) is 2.27. The third kappa shape index (κ3) is 2.36. The monoisotopic (exact) mass is 258 g/mol. The molecule has 0 aromatic heterocycles. The van der Waals surface area contributed by atoms with E-state index in [1.807, 2.05) is 0 Å². The average Bonchev–Trinajstić information content (AvgIpc) is 2.99. The van der Waals surface area contributed by atoms with Crippen LogP contribution in [0.3, 0.4) is 0 Å². The van der Waals surface area contributed by atoms with Crippen LogP contribution in [0, 0.1) is 5.82 Å². The van der Waals surface area contributed by atoms with E-state index in [9.17, 15) is 12.8 Å². The van der Waals surface area contributed by atoms with E-state index in [0.29, 0.717) is 11.3 Å². The number of nitrogens with zero attached hydrogens (tertiary/aromatic N) is 1. The number of nitrogens with two attached hydrogens (primary N) is 1. The largest absolute Gasteiger partial charge is 0.397 e. The fourth-order valence-electron chi connectivity index (χ4n) is 1.75. The summed E-state index contributed by atoms with van der Waals surface area (Å²) < 4.78 is 37.6. The molecule has 94 valence electrons. The first-order chi connectivity index (χ1) is 7.80. The maximum Gasteiger partial charge on any atom is 0.232 e. The van der Waals surface area contributed by atoms with Gasteiger partial charge < -0.3 is 5.73 Å². The molecule has 0 amide bonds. The first kappa shape index (κ1) is 12.2. The second-order valence-corrected chi connectivity index (χ2v) is 6.45. The summed E-state index contributed by atoms with van der Waals surface area (Å²) in [5.74, 6) is -0.141. The number of halogens is 1. The van der Waals surface area contributed by atoms with Gasteiger partial charge in [-0.25, -0.2) is 12.8 Å². The smallest absolute Gasteiger partial charge is 0.232 e. The molecule has 0 unspecified atom stereocenters. The van der Waals surface area contributed by atoms with Gasteiger partial charge >= 0.3 is 0 Å². The van der Waals surface area contributed by atoms with Crippen LogP contribution in [0.25, 0.3) is 0 Å². The van der Waals surface area contributed by atoms with E-state index in [2.05, 4.69) is 0 Å². The van der Waals surface area contributed by atoms with Crippen molar-refractivity contribution in [1.82, 2.24) is 0 Å². The highest BCUT2D eigenvalue weighted by Gasteiger charge is 2.28. The normalized spacial score (nSPS) is 15.9. The van der Waals surface area contributed by atoms with Gasteiger partial charge in [0.25, 0.3) is 0 Å². The van der Waals surface area contributed by atoms with E-state index in [1.54, 1.807) is 6.07 Å². The molecule has 2 rings (SSSR count). The van der Waals surface area contributed by atoms with Crippen molar-refractivity contribution in [3.8, 4) is 0 Å². The van der Waals surface area contributed by atoms with E-state index >= 15 is 0 Å². The summed E-state index contributed by atoms with van der Waals surface area (Å²) in [5.41, 5.74) is 6.70. The molecular weight excluding hydrogens is 243 g/mol. The summed E-state index contributed by atoms with van der Waals surface area (Å²) in [6.07, 6.45) is 2.98. The lowest BCUT2D eigenvalue weighted by molar-refractivity contribution is 0.599. The summed E-state index contributed by atoms with van der Waals surface area (Å²) in [6, 6.07) is 2.74. The van der Waals surface area contributed by atoms with Crippen LogP contribution in [0.4, 0.5) is 15.8 Å². The minimum absolute atomic E-state index is 0.139. The Morgan fingerprint density at radius 1 is 1.41 bits per heavy atom. The highest BCUT2D eigenvalue weighted by Crippen LogP contribution is 2.43. The second-order valence-electron chi connectivity index (χ2n) is 4.44. The van der Waals surface area contributed by atoms with E-state index in [-0.39, 0.29) is 17.4 Å². The van der Waals surface area contributed by atoms with Gasteiger partial charge in [-0.1, -0.05) is 0 Å². The number of nitrogen functional groups attached to an aromatic ring is 1. The van der Waals surface area contributed by atoms with Gasteiger partial charge in [0.15, 0.2) is 0 Å². The van der Waals surface area contributed by atoms with Crippen LogP contribution in [0.1, 0.15) is 24.3 Å². The van der Waals surface area contributed by atoms with Crippen LogP contribution in [-0.4, -0.2) is 21.7 Å². The Morgan fingerprint density at radius 3 is 2.47 bits per heavy atom. The minimum atomic E-state index is -3.38. The molecular formula is C11H15FN2O2S. The molecule has 2 N–H and O–H groups in total. The molecule has 0 spiro atoms. The van der Waals surface area contributed by atoms with Gasteiger partial charge in [0.05, 0.1) is 17.6 Å². The van der Waals surface area contributed by atoms with Gasteiger partial charge in [-0.15, -0.1) is 0 Å². The number of anilines is 2. The van der Waals surface area contributed by atoms with Crippen LogP contribution >= 0.6 is 0 Å². The summed E-state index contributed by atoms with van der Waals surface area (Å²) in [4.78, 5) is 0. The van der Waals surface area contributed by atoms with Crippen LogP contribution in [0.2, 0.25) is 0 Å². The van der Waals surface area contributed by atoms with E-state index in [0.717, 1.165) is 23.4 Å². The predicted molar refractivity (Wildman–Crippen MR) is 66.0 cm³/mol. The van der Waals surface area contributed by atoms with Crippen molar-refractivity contribution >= 4 is 21.4 Å². The molecule has 17 heavy (non-hydrogen) atoms. The van der Waals surface area contributed by atoms with Crippen LogP contribution in [-0.2, 0) is 10.0 Å². The molecule has 0 atom stereocenters. The molecule has 0 saturated heterocycles. The minimum Gasteiger partial charge on any atom is -0.397 e. The van der Waals surface area contributed by atoms with Crippen molar-refractivity contribution in [3.05, 3.63) is 23.5 Å². The third-order valence-electron chi connectivity index (χ3n) is 3.00. The Labute approximate surface area is 100 Å². The van der Waals surface area contributed by atoms with Crippen LogP contribution < -0.4 is 10.0 Å². The quantitative estimate of drug-likeness (QED) is 0.839. The van der Waals surface area contributed by atoms with Gasteiger partial charge in [-0.05, 0) is 36.5 Å². The first-order valence-corrected chi connectivity index (χ1v) is 7.18. The maximum atomic E-state index is 13.6. The summed E-state index contributed by atoms with van der Waals surface area (Å²) in [7, 11) is -1.97. The van der Waals surface area contributed by atoms with Crippen LogP contribution in [0.15, 0.2) is 12.1 Å². The number of sulfonamides is 1. The summed E-state index contributed by atoms with van der Waals surface area (Å²) >= 11 is 0. The molecule has 1 saturated carbocycles. The van der Waals surface area contributed by atoms with E-state index in [4.69, 9.17) is 5.73 Å². The summed E-state index contributed by atoms with van der Waals surface area (Å²) in [5, 5.41) is 0. The zero-order valence-electron chi connectivity index (χ0n) is 9.77. The van der Waals surface area contributed by atoms with Crippen molar-refractivity contribution in [2.45, 2.75) is 18.8 Å². The SMILES string of the molecule is CN(c1cc(C2CC2)c(F)cc1N)S(C)(=O)=O. The first-order valence-electron chi connectivity index (χ1n) is 5.33. The Kier molecular flexibility index (Phi) is 2.77. The molecule has 1 aromatic carbocycles. The highest BCUT2D eigenvalue weighted by atomic mass is 32.2. The fraction of sp³-hybridized carbons (Fsp3) is 0.455. The standard InChI is InChI=1S/C11H15FN2O2S/c1-14(17(2,15)16)11-5-8(7-3-4-7)9(12)6-10(11)13/h5-7H,3-4,13H2,1-2H3. The molecule has 0 heterocycles. The lowest BCUT2D eigenvalue weighted by Gasteiger charge is -2.20. The second kappa shape index (κ2) is 3.87. The van der Waals surface area contributed by atoms with E-state index in [1.165, 1.54) is 13.1 Å². The van der Waals surface area contributed by atoms with Crippen molar-refractivity contribution in [2.75, 3.05) is 23.3 Å². The molecule has 0 radical (unpaired) electrons. The number of rotatable bonds is 3. The van der Waals surface area contributed by atoms with Crippen molar-refractivity contribution < 1.29 is 12.8 Å². The molecule has 1 fully saturated rings. The molecule has 1 aliphatic rings. The van der Waals surface area contributed by atoms with Crippen molar-refractivity contribution in [1.29, 1.82) is 0 Å². The Bertz CT molecular complexity index is 553. The van der Waals surface area contributed by atoms with Crippen molar-refractivity contribution in [2.24, 2.45) is 0 Å². The highest BCUT2D eigenvalue weighted by molar-refractivity contribution is 7.92. The van der Waals surface area contributed by atoms with Gasteiger partial charge in [0, 0.05) is 7.05 Å². The predicted octanol–water partition coefficient (Wildman–Crippen LogP) is 1.68. The molecule has 1 aliphatic carbocycles. The van der Waals surface area contributed by atoms with Gasteiger partial charge in [-0.2, -0.15) is 0 Å². The van der Waals surface area contributed by atoms with Gasteiger partial charge in [0.2, 0.25) is 10.0 Å². The molecule has 1 aromatic rings. The van der Waals surface area contributed by atoms with Gasteiger partial charge in [0.1, 0.15) is 5.82 Å². The Morgan fingerprint density at radius 2 is 2.00 bits per heavy atom. The number of hydrogen-bond acceptors (Lipinski definition) is 3. The third-order valence-corrected chi connectivity index (χ3v) is 4.19. The number of hydrogen-bond donors (Lipinski definition) is 1. The topological polar surface area (TPSA) is 63.4 Å². The Hall–Kier alpha value is -1.30.